The first-order valence-electron chi connectivity index (χ1n) is 6.61. The van der Waals surface area contributed by atoms with Gasteiger partial charge in [-0.05, 0) is 24.1 Å². The molecule has 116 valence electrons. The van der Waals surface area contributed by atoms with E-state index in [9.17, 15) is 13.2 Å². The molecule has 21 heavy (non-hydrogen) atoms. The molecule has 1 atom stereocenters. The molecule has 1 amide bonds. The van der Waals surface area contributed by atoms with Crippen LogP contribution in [0.3, 0.4) is 0 Å². The Morgan fingerprint density at radius 1 is 1.43 bits per heavy atom. The van der Waals surface area contributed by atoms with Crippen molar-refractivity contribution in [2.45, 2.75) is 24.8 Å². The minimum absolute atomic E-state index is 0.0583. The average molecular weight is 313 g/mol. The Hall–Kier alpha value is -1.64. The second-order valence-electron chi connectivity index (χ2n) is 5.25. The molecule has 1 aromatic rings. The number of fused-ring (bicyclic) bond motifs is 1. The molecule has 7 nitrogen and oxygen atoms in total. The van der Waals surface area contributed by atoms with Crippen molar-refractivity contribution < 1.29 is 17.9 Å². The zero-order chi connectivity index (χ0) is 15.6. The topological polar surface area (TPSA) is 111 Å². The summed E-state index contributed by atoms with van der Waals surface area (Å²) in [7, 11) is -3.68. The lowest BCUT2D eigenvalue weighted by molar-refractivity contribution is -0.118. The fraction of sp³-hybridized carbons (Fsp3) is 0.462. The molecule has 1 aliphatic heterocycles. The monoisotopic (exact) mass is 313 g/mol. The van der Waals surface area contributed by atoms with Crippen molar-refractivity contribution in [3.63, 3.8) is 0 Å². The minimum Gasteiger partial charge on any atom is -0.482 e. The lowest BCUT2D eigenvalue weighted by Crippen LogP contribution is -2.40. The van der Waals surface area contributed by atoms with Gasteiger partial charge in [0.2, 0.25) is 10.0 Å². The number of amides is 1. The molecule has 0 fully saturated rings. The minimum atomic E-state index is -3.68. The van der Waals surface area contributed by atoms with E-state index >= 15 is 0 Å². The molecule has 0 saturated heterocycles. The highest BCUT2D eigenvalue weighted by Gasteiger charge is 2.21. The first-order valence-corrected chi connectivity index (χ1v) is 8.10. The molecule has 0 aromatic heterocycles. The van der Waals surface area contributed by atoms with E-state index in [1.165, 1.54) is 18.2 Å². The maximum Gasteiger partial charge on any atom is 0.262 e. The highest BCUT2D eigenvalue weighted by Crippen LogP contribution is 2.29. The zero-order valence-corrected chi connectivity index (χ0v) is 12.7. The zero-order valence-electron chi connectivity index (χ0n) is 11.9. The van der Waals surface area contributed by atoms with E-state index < -0.39 is 10.0 Å². The number of sulfonamides is 1. The van der Waals surface area contributed by atoms with Crippen LogP contribution >= 0.6 is 0 Å². The quantitative estimate of drug-likeness (QED) is 0.723. The van der Waals surface area contributed by atoms with Crippen LogP contribution in [0.4, 0.5) is 5.69 Å². The van der Waals surface area contributed by atoms with Gasteiger partial charge < -0.3 is 15.8 Å². The fourth-order valence-electron chi connectivity index (χ4n) is 1.75. The number of carbonyl (C=O) groups is 1. The number of carbonyl (C=O) groups excluding carboxylic acids is 1. The van der Waals surface area contributed by atoms with Crippen LogP contribution in [0.2, 0.25) is 0 Å². The van der Waals surface area contributed by atoms with Crippen LogP contribution in [0.5, 0.6) is 5.75 Å². The Bertz CT molecular complexity index is 643. The number of nitrogens with two attached hydrogens (primary N) is 1. The van der Waals surface area contributed by atoms with E-state index in [1.54, 1.807) is 0 Å². The fourth-order valence-corrected chi connectivity index (χ4v) is 2.85. The molecular weight excluding hydrogens is 294 g/mol. The van der Waals surface area contributed by atoms with E-state index in [4.69, 9.17) is 10.5 Å². The lowest BCUT2D eigenvalue weighted by atomic mass is 10.1. The van der Waals surface area contributed by atoms with Crippen LogP contribution in [0.25, 0.3) is 0 Å². The van der Waals surface area contributed by atoms with Gasteiger partial charge >= 0.3 is 0 Å². The molecule has 1 heterocycles. The number of benzene rings is 1. The van der Waals surface area contributed by atoms with Gasteiger partial charge in [-0.3, -0.25) is 4.79 Å². The number of hydrogen-bond donors (Lipinski definition) is 3. The van der Waals surface area contributed by atoms with Gasteiger partial charge in [-0.25, -0.2) is 13.1 Å². The summed E-state index contributed by atoms with van der Waals surface area (Å²) in [6.07, 6.45) is 0. The molecule has 0 spiro atoms. The largest absolute Gasteiger partial charge is 0.482 e. The predicted molar refractivity (Wildman–Crippen MR) is 78.6 cm³/mol. The molecule has 0 saturated carbocycles. The molecule has 2 rings (SSSR count). The second-order valence-corrected chi connectivity index (χ2v) is 7.02. The van der Waals surface area contributed by atoms with Crippen LogP contribution in [0.15, 0.2) is 23.1 Å². The van der Waals surface area contributed by atoms with Crippen LogP contribution in [0.1, 0.15) is 13.8 Å². The SMILES string of the molecule is CC(C)C(N)CNS(=O)(=O)c1ccc2c(c1)NC(=O)CO2. The van der Waals surface area contributed by atoms with E-state index in [1.807, 2.05) is 13.8 Å². The number of hydrogen-bond acceptors (Lipinski definition) is 5. The lowest BCUT2D eigenvalue weighted by Gasteiger charge is -2.19. The summed E-state index contributed by atoms with van der Waals surface area (Å²) in [5.41, 5.74) is 6.18. The summed E-state index contributed by atoms with van der Waals surface area (Å²) in [6.45, 7) is 3.93. The highest BCUT2D eigenvalue weighted by molar-refractivity contribution is 7.89. The predicted octanol–water partition coefficient (Wildman–Crippen LogP) is 0.279. The van der Waals surface area contributed by atoms with E-state index in [0.717, 1.165) is 0 Å². The van der Waals surface area contributed by atoms with Gasteiger partial charge in [0.1, 0.15) is 5.75 Å². The Balaban J connectivity index is 2.17. The molecular formula is C13H19N3O4S. The van der Waals surface area contributed by atoms with Crippen molar-refractivity contribution in [3.8, 4) is 5.75 Å². The van der Waals surface area contributed by atoms with Gasteiger partial charge in [-0.1, -0.05) is 13.8 Å². The van der Waals surface area contributed by atoms with Gasteiger partial charge in [-0.2, -0.15) is 0 Å². The normalized spacial score (nSPS) is 16.1. The van der Waals surface area contributed by atoms with Crippen molar-refractivity contribution in [1.82, 2.24) is 4.72 Å². The number of rotatable bonds is 5. The Labute approximate surface area is 123 Å². The molecule has 1 aliphatic rings. The third kappa shape index (κ3) is 3.72. The molecule has 0 aliphatic carbocycles. The number of anilines is 1. The van der Waals surface area contributed by atoms with E-state index in [2.05, 4.69) is 10.0 Å². The summed E-state index contributed by atoms with van der Waals surface area (Å²) < 4.78 is 32.1. The van der Waals surface area contributed by atoms with Crippen molar-refractivity contribution in [3.05, 3.63) is 18.2 Å². The molecule has 4 N–H and O–H groups in total. The third-order valence-electron chi connectivity index (χ3n) is 3.26. The Morgan fingerprint density at radius 3 is 2.81 bits per heavy atom. The van der Waals surface area contributed by atoms with Gasteiger partial charge in [0.05, 0.1) is 10.6 Å². The van der Waals surface area contributed by atoms with Crippen molar-refractivity contribution in [2.24, 2.45) is 11.7 Å². The van der Waals surface area contributed by atoms with Gasteiger partial charge in [0.15, 0.2) is 6.61 Å². The number of ether oxygens (including phenoxy) is 1. The summed E-state index contributed by atoms with van der Waals surface area (Å²) in [6, 6.07) is 4.06. The summed E-state index contributed by atoms with van der Waals surface area (Å²) in [5.74, 6) is 0.309. The van der Waals surface area contributed by atoms with Crippen LogP contribution in [-0.4, -0.2) is 33.5 Å². The number of nitrogens with one attached hydrogen (secondary N) is 2. The van der Waals surface area contributed by atoms with Crippen LogP contribution < -0.4 is 20.5 Å². The maximum absolute atomic E-state index is 12.2. The van der Waals surface area contributed by atoms with E-state index in [0.29, 0.717) is 11.4 Å². The summed E-state index contributed by atoms with van der Waals surface area (Å²) >= 11 is 0. The van der Waals surface area contributed by atoms with Crippen LogP contribution in [0, 0.1) is 5.92 Å². The summed E-state index contributed by atoms with van der Waals surface area (Å²) in [5, 5.41) is 2.57. The van der Waals surface area contributed by atoms with Crippen LogP contribution in [-0.2, 0) is 14.8 Å². The summed E-state index contributed by atoms with van der Waals surface area (Å²) in [4.78, 5) is 11.3. The highest BCUT2D eigenvalue weighted by atomic mass is 32.2. The third-order valence-corrected chi connectivity index (χ3v) is 4.68. The second kappa shape index (κ2) is 6.00. The first-order chi connectivity index (χ1) is 9.79. The molecule has 1 unspecified atom stereocenters. The Morgan fingerprint density at radius 2 is 2.14 bits per heavy atom. The molecule has 0 radical (unpaired) electrons. The van der Waals surface area contributed by atoms with Gasteiger partial charge in [-0.15, -0.1) is 0 Å². The van der Waals surface area contributed by atoms with Gasteiger partial charge in [0.25, 0.3) is 5.91 Å². The van der Waals surface area contributed by atoms with Crippen molar-refractivity contribution in [1.29, 1.82) is 0 Å². The molecule has 1 aromatic carbocycles. The molecule has 0 bridgehead atoms. The Kier molecular flexibility index (Phi) is 4.50. The smallest absolute Gasteiger partial charge is 0.262 e. The first kappa shape index (κ1) is 15.7. The van der Waals surface area contributed by atoms with Crippen molar-refractivity contribution in [2.75, 3.05) is 18.5 Å². The van der Waals surface area contributed by atoms with Gasteiger partial charge in [0, 0.05) is 12.6 Å². The maximum atomic E-state index is 12.2. The standard InChI is InChI=1S/C13H19N3O4S/c1-8(2)10(14)6-15-21(18,19)9-3-4-12-11(5-9)16-13(17)7-20-12/h3-5,8,10,15H,6-7,14H2,1-2H3,(H,16,17). The average Bonchev–Trinajstić information content (AvgIpc) is 2.43. The molecule has 8 heteroatoms. The van der Waals surface area contributed by atoms with E-state index in [-0.39, 0.29) is 35.9 Å². The van der Waals surface area contributed by atoms with Crippen molar-refractivity contribution >= 4 is 21.6 Å².